The van der Waals surface area contributed by atoms with Gasteiger partial charge in [-0.05, 0) is 38.1 Å². The minimum Gasteiger partial charge on any atom is -0.480 e. The summed E-state index contributed by atoms with van der Waals surface area (Å²) in [5, 5.41) is 12.9. The van der Waals surface area contributed by atoms with Gasteiger partial charge in [0, 0.05) is 10.3 Å². The molecule has 0 amide bonds. The molecule has 2 heterocycles. The molecule has 0 bridgehead atoms. The first kappa shape index (κ1) is 15.5. The van der Waals surface area contributed by atoms with Gasteiger partial charge in [-0.3, -0.25) is 10.1 Å². The predicted octanol–water partition coefficient (Wildman–Crippen LogP) is 4.17. The highest BCUT2D eigenvalue weighted by molar-refractivity contribution is 8.01. The summed E-state index contributed by atoms with van der Waals surface area (Å²) in [6.07, 6.45) is 0. The summed E-state index contributed by atoms with van der Waals surface area (Å²) >= 11 is 7.73. The number of carbonyl (C=O) groups is 1. The fourth-order valence-corrected chi connectivity index (χ4v) is 4.15. The molecule has 1 aromatic heterocycles. The van der Waals surface area contributed by atoms with E-state index in [1.165, 1.54) is 0 Å². The highest BCUT2D eigenvalue weighted by atomic mass is 35.5. The van der Waals surface area contributed by atoms with E-state index in [4.69, 9.17) is 16.0 Å². The lowest BCUT2D eigenvalue weighted by Gasteiger charge is -2.20. The number of carboxylic acids is 1. The molecule has 0 saturated carbocycles. The molecular weight excluding hydrogens is 322 g/mol. The van der Waals surface area contributed by atoms with E-state index in [1.807, 2.05) is 50.2 Å². The zero-order valence-corrected chi connectivity index (χ0v) is 13.7. The van der Waals surface area contributed by atoms with Crippen molar-refractivity contribution in [2.45, 2.75) is 30.0 Å². The lowest BCUT2D eigenvalue weighted by Crippen LogP contribution is -2.43. The second-order valence-corrected chi connectivity index (χ2v) is 7.89. The van der Waals surface area contributed by atoms with Crippen molar-refractivity contribution >= 4 is 29.3 Å². The molecule has 0 radical (unpaired) electrons. The fraction of sp³-hybridized carbons (Fsp3) is 0.312. The lowest BCUT2D eigenvalue weighted by atomic mass is 10.0. The molecule has 1 aromatic carbocycles. The standard InChI is InChI=1S/C16H16ClNO3S/c1-16(2)13(15(19)20)18-14(22-16)12-8-7-11(21-12)9-5-3-4-6-10(9)17/h3-8,13-14,18H,1-2H3,(H,19,20). The minimum atomic E-state index is -0.849. The Hall–Kier alpha value is -1.43. The molecule has 22 heavy (non-hydrogen) atoms. The number of aliphatic carboxylic acids is 1. The SMILES string of the molecule is CC1(C)SC(c2ccc(-c3ccccc3Cl)o2)NC1C(=O)O. The number of hydrogen-bond acceptors (Lipinski definition) is 4. The van der Waals surface area contributed by atoms with Gasteiger partial charge in [-0.2, -0.15) is 0 Å². The van der Waals surface area contributed by atoms with Gasteiger partial charge in [0.25, 0.3) is 0 Å². The van der Waals surface area contributed by atoms with Crippen molar-refractivity contribution < 1.29 is 14.3 Å². The molecule has 0 spiro atoms. The van der Waals surface area contributed by atoms with Gasteiger partial charge in [-0.15, -0.1) is 11.8 Å². The summed E-state index contributed by atoms with van der Waals surface area (Å²) in [6, 6.07) is 10.6. The average molecular weight is 338 g/mol. The number of furan rings is 1. The molecule has 1 aliphatic rings. The van der Waals surface area contributed by atoms with Crippen LogP contribution < -0.4 is 5.32 Å². The molecule has 2 unspecified atom stereocenters. The molecule has 6 heteroatoms. The molecule has 1 fully saturated rings. The van der Waals surface area contributed by atoms with Crippen molar-refractivity contribution in [3.05, 3.63) is 47.2 Å². The molecule has 2 atom stereocenters. The number of rotatable bonds is 3. The topological polar surface area (TPSA) is 62.5 Å². The van der Waals surface area contributed by atoms with Crippen LogP contribution in [-0.2, 0) is 4.79 Å². The van der Waals surface area contributed by atoms with Gasteiger partial charge in [0.15, 0.2) is 0 Å². The molecule has 4 nitrogen and oxygen atoms in total. The summed E-state index contributed by atoms with van der Waals surface area (Å²) in [6.45, 7) is 3.84. The van der Waals surface area contributed by atoms with Crippen molar-refractivity contribution in [1.82, 2.24) is 5.32 Å². The zero-order valence-electron chi connectivity index (χ0n) is 12.2. The van der Waals surface area contributed by atoms with Crippen LogP contribution in [0.25, 0.3) is 11.3 Å². The normalized spacial score (nSPS) is 23.6. The highest BCUT2D eigenvalue weighted by Gasteiger charge is 2.46. The molecule has 0 aliphatic carbocycles. The van der Waals surface area contributed by atoms with Gasteiger partial charge in [0.2, 0.25) is 0 Å². The molecule has 1 aliphatic heterocycles. The van der Waals surface area contributed by atoms with Gasteiger partial charge < -0.3 is 9.52 Å². The van der Waals surface area contributed by atoms with E-state index in [9.17, 15) is 9.90 Å². The number of carboxylic acid groups (broad SMARTS) is 1. The first-order valence-corrected chi connectivity index (χ1v) is 8.15. The van der Waals surface area contributed by atoms with E-state index in [1.54, 1.807) is 11.8 Å². The first-order chi connectivity index (χ1) is 10.4. The van der Waals surface area contributed by atoms with Crippen LogP contribution in [0.2, 0.25) is 5.02 Å². The lowest BCUT2D eigenvalue weighted by molar-refractivity contribution is -0.139. The van der Waals surface area contributed by atoms with E-state index >= 15 is 0 Å². The number of thioether (sulfide) groups is 1. The van der Waals surface area contributed by atoms with Gasteiger partial charge in [0.1, 0.15) is 22.9 Å². The van der Waals surface area contributed by atoms with E-state index in [-0.39, 0.29) is 5.37 Å². The Kier molecular flexibility index (Phi) is 3.97. The Morgan fingerprint density at radius 3 is 2.68 bits per heavy atom. The molecule has 3 rings (SSSR count). The van der Waals surface area contributed by atoms with Gasteiger partial charge in [-0.1, -0.05) is 23.7 Å². The van der Waals surface area contributed by atoms with Crippen LogP contribution in [0.4, 0.5) is 0 Å². The molecule has 2 aromatic rings. The van der Waals surface area contributed by atoms with Gasteiger partial charge >= 0.3 is 5.97 Å². The monoisotopic (exact) mass is 337 g/mol. The molecule has 116 valence electrons. The Bertz CT molecular complexity index is 713. The van der Waals surface area contributed by atoms with Crippen LogP contribution in [-0.4, -0.2) is 21.9 Å². The van der Waals surface area contributed by atoms with Crippen LogP contribution >= 0.6 is 23.4 Å². The van der Waals surface area contributed by atoms with Crippen molar-refractivity contribution in [3.63, 3.8) is 0 Å². The van der Waals surface area contributed by atoms with Crippen molar-refractivity contribution in [1.29, 1.82) is 0 Å². The van der Waals surface area contributed by atoms with Crippen LogP contribution in [0, 0.1) is 0 Å². The maximum absolute atomic E-state index is 11.3. The average Bonchev–Trinajstić information content (AvgIpc) is 3.03. The number of halogens is 1. The fourth-order valence-electron chi connectivity index (χ4n) is 2.57. The predicted molar refractivity (Wildman–Crippen MR) is 88.1 cm³/mol. The first-order valence-electron chi connectivity index (χ1n) is 6.90. The van der Waals surface area contributed by atoms with E-state index in [2.05, 4.69) is 5.32 Å². The second kappa shape index (κ2) is 5.65. The summed E-state index contributed by atoms with van der Waals surface area (Å²) in [4.78, 5) is 11.3. The molecular formula is C16H16ClNO3S. The van der Waals surface area contributed by atoms with Crippen LogP contribution in [0.5, 0.6) is 0 Å². The largest absolute Gasteiger partial charge is 0.480 e. The Morgan fingerprint density at radius 1 is 1.32 bits per heavy atom. The second-order valence-electron chi connectivity index (χ2n) is 5.72. The maximum atomic E-state index is 11.3. The summed E-state index contributed by atoms with van der Waals surface area (Å²) in [7, 11) is 0. The van der Waals surface area contributed by atoms with Gasteiger partial charge in [-0.25, -0.2) is 0 Å². The highest BCUT2D eigenvalue weighted by Crippen LogP contribution is 2.46. The summed E-state index contributed by atoms with van der Waals surface area (Å²) in [5.74, 6) is 0.536. The molecule has 1 saturated heterocycles. The number of benzene rings is 1. The van der Waals surface area contributed by atoms with Crippen LogP contribution in [0.15, 0.2) is 40.8 Å². The summed E-state index contributed by atoms with van der Waals surface area (Å²) in [5.41, 5.74) is 0.826. The van der Waals surface area contributed by atoms with Crippen molar-refractivity contribution in [2.24, 2.45) is 0 Å². The Labute approximate surface area is 137 Å². The number of nitrogens with one attached hydrogen (secondary N) is 1. The van der Waals surface area contributed by atoms with Crippen molar-refractivity contribution in [2.75, 3.05) is 0 Å². The third-order valence-corrected chi connectivity index (χ3v) is 5.48. The third kappa shape index (κ3) is 2.76. The van der Waals surface area contributed by atoms with Crippen LogP contribution in [0.3, 0.4) is 0 Å². The zero-order chi connectivity index (χ0) is 15.9. The quantitative estimate of drug-likeness (QED) is 0.880. The Balaban J connectivity index is 1.87. The third-order valence-electron chi connectivity index (χ3n) is 3.71. The maximum Gasteiger partial charge on any atom is 0.322 e. The van der Waals surface area contributed by atoms with E-state index in [0.29, 0.717) is 16.5 Å². The van der Waals surface area contributed by atoms with Gasteiger partial charge in [0.05, 0.1) is 5.02 Å². The van der Waals surface area contributed by atoms with Crippen LogP contribution in [0.1, 0.15) is 25.0 Å². The van der Waals surface area contributed by atoms with E-state index in [0.717, 1.165) is 5.56 Å². The number of hydrogen-bond donors (Lipinski definition) is 2. The van der Waals surface area contributed by atoms with Crippen molar-refractivity contribution in [3.8, 4) is 11.3 Å². The minimum absolute atomic E-state index is 0.188. The summed E-state index contributed by atoms with van der Waals surface area (Å²) < 4.78 is 5.49. The van der Waals surface area contributed by atoms with E-state index < -0.39 is 16.8 Å². The smallest absolute Gasteiger partial charge is 0.322 e. The molecule has 2 N–H and O–H groups in total. The Morgan fingerprint density at radius 2 is 2.05 bits per heavy atom.